The Morgan fingerprint density at radius 1 is 1.08 bits per heavy atom. The molecule has 1 aliphatic heterocycles. The van der Waals surface area contributed by atoms with Crippen molar-refractivity contribution < 1.29 is 22.7 Å². The van der Waals surface area contributed by atoms with Crippen LogP contribution in [0.4, 0.5) is 13.2 Å². The number of benzene rings is 1. The largest absolute Gasteiger partial charge is 0.573 e. The van der Waals surface area contributed by atoms with E-state index in [-0.39, 0.29) is 41.6 Å². The Hall–Kier alpha value is -1.47. The Morgan fingerprint density at radius 3 is 2.35 bits per heavy atom. The number of piperidine rings is 1. The van der Waals surface area contributed by atoms with Crippen LogP contribution in [0.15, 0.2) is 18.2 Å². The molecule has 1 saturated carbocycles. The lowest BCUT2D eigenvalue weighted by Crippen LogP contribution is -2.33. The van der Waals surface area contributed by atoms with Gasteiger partial charge < -0.3 is 15.4 Å². The van der Waals surface area contributed by atoms with Crippen LogP contribution in [0.5, 0.6) is 5.75 Å². The SMILES string of the molecule is Cl.O=C(NC1CCCC1)c1cc(OC(F)(F)F)cc(C2CCNCC2)c1. The maximum absolute atomic E-state index is 12.6. The smallest absolute Gasteiger partial charge is 0.406 e. The van der Waals surface area contributed by atoms with Gasteiger partial charge in [-0.05, 0) is 68.5 Å². The minimum Gasteiger partial charge on any atom is -0.406 e. The van der Waals surface area contributed by atoms with Crippen molar-refractivity contribution in [3.63, 3.8) is 0 Å². The van der Waals surface area contributed by atoms with Gasteiger partial charge in [0.1, 0.15) is 5.75 Å². The maximum atomic E-state index is 12.6. The lowest BCUT2D eigenvalue weighted by atomic mass is 9.89. The molecule has 1 aromatic carbocycles. The Morgan fingerprint density at radius 2 is 1.73 bits per heavy atom. The summed E-state index contributed by atoms with van der Waals surface area (Å²) in [5.41, 5.74) is 0.974. The molecule has 0 radical (unpaired) electrons. The zero-order valence-corrected chi connectivity index (χ0v) is 15.2. The molecular formula is C18H24ClF3N2O2. The quantitative estimate of drug-likeness (QED) is 0.809. The highest BCUT2D eigenvalue weighted by atomic mass is 35.5. The summed E-state index contributed by atoms with van der Waals surface area (Å²) >= 11 is 0. The monoisotopic (exact) mass is 392 g/mol. The van der Waals surface area contributed by atoms with Crippen molar-refractivity contribution in [3.8, 4) is 5.75 Å². The first-order valence-corrected chi connectivity index (χ1v) is 8.83. The second kappa shape index (κ2) is 8.95. The number of carbonyl (C=O) groups excluding carboxylic acids is 1. The summed E-state index contributed by atoms with van der Waals surface area (Å²) in [4.78, 5) is 12.5. The number of hydrogen-bond acceptors (Lipinski definition) is 3. The second-order valence-electron chi connectivity index (χ2n) is 6.82. The highest BCUT2D eigenvalue weighted by Gasteiger charge is 2.32. The molecule has 1 amide bonds. The summed E-state index contributed by atoms with van der Waals surface area (Å²) in [6.45, 7) is 1.64. The second-order valence-corrected chi connectivity index (χ2v) is 6.82. The molecule has 8 heteroatoms. The zero-order valence-electron chi connectivity index (χ0n) is 14.4. The molecule has 4 nitrogen and oxygen atoms in total. The average molecular weight is 393 g/mol. The highest BCUT2D eigenvalue weighted by Crippen LogP contribution is 2.32. The van der Waals surface area contributed by atoms with Crippen LogP contribution in [-0.4, -0.2) is 31.4 Å². The maximum Gasteiger partial charge on any atom is 0.573 e. The van der Waals surface area contributed by atoms with E-state index in [1.54, 1.807) is 6.07 Å². The van der Waals surface area contributed by atoms with Crippen LogP contribution in [0.25, 0.3) is 0 Å². The van der Waals surface area contributed by atoms with E-state index in [4.69, 9.17) is 0 Å². The molecule has 2 N–H and O–H groups in total. The third-order valence-electron chi connectivity index (χ3n) is 4.93. The Kier molecular flexibility index (Phi) is 7.17. The zero-order chi connectivity index (χ0) is 17.9. The summed E-state index contributed by atoms with van der Waals surface area (Å²) in [6, 6.07) is 4.42. The fourth-order valence-corrected chi connectivity index (χ4v) is 3.68. The van der Waals surface area contributed by atoms with Crippen LogP contribution < -0.4 is 15.4 Å². The molecule has 146 valence electrons. The predicted molar refractivity (Wildman–Crippen MR) is 94.9 cm³/mol. The molecular weight excluding hydrogens is 369 g/mol. The van der Waals surface area contributed by atoms with Gasteiger partial charge in [-0.3, -0.25) is 4.79 Å². The van der Waals surface area contributed by atoms with E-state index in [0.29, 0.717) is 0 Å². The molecule has 26 heavy (non-hydrogen) atoms. The Bertz CT molecular complexity index is 613. The molecule has 1 aliphatic carbocycles. The van der Waals surface area contributed by atoms with Crippen molar-refractivity contribution in [2.24, 2.45) is 0 Å². The molecule has 3 rings (SSSR count). The van der Waals surface area contributed by atoms with E-state index in [0.717, 1.165) is 57.2 Å². The topological polar surface area (TPSA) is 50.4 Å². The van der Waals surface area contributed by atoms with E-state index < -0.39 is 6.36 Å². The van der Waals surface area contributed by atoms with Gasteiger partial charge >= 0.3 is 6.36 Å². The number of carbonyl (C=O) groups is 1. The molecule has 1 saturated heterocycles. The van der Waals surface area contributed by atoms with E-state index in [1.807, 2.05) is 0 Å². The normalized spacial score (nSPS) is 19.0. The van der Waals surface area contributed by atoms with E-state index >= 15 is 0 Å². The van der Waals surface area contributed by atoms with Gasteiger partial charge in [0.15, 0.2) is 0 Å². The molecule has 2 fully saturated rings. The fourth-order valence-electron chi connectivity index (χ4n) is 3.68. The number of alkyl halides is 3. The van der Waals surface area contributed by atoms with Gasteiger partial charge in [-0.2, -0.15) is 0 Å². The number of ether oxygens (including phenoxy) is 1. The van der Waals surface area contributed by atoms with Crippen molar-refractivity contribution >= 4 is 18.3 Å². The minimum atomic E-state index is -4.77. The van der Waals surface area contributed by atoms with Crippen molar-refractivity contribution in [2.45, 2.75) is 56.8 Å². The summed E-state index contributed by atoms with van der Waals surface area (Å²) < 4.78 is 42.0. The molecule has 0 spiro atoms. The number of nitrogens with one attached hydrogen (secondary N) is 2. The molecule has 0 unspecified atom stereocenters. The van der Waals surface area contributed by atoms with Crippen molar-refractivity contribution in [1.29, 1.82) is 0 Å². The van der Waals surface area contributed by atoms with Crippen molar-refractivity contribution in [3.05, 3.63) is 29.3 Å². The van der Waals surface area contributed by atoms with Crippen LogP contribution >= 0.6 is 12.4 Å². The lowest BCUT2D eigenvalue weighted by Gasteiger charge is -2.24. The van der Waals surface area contributed by atoms with Gasteiger partial charge in [0.05, 0.1) is 0 Å². The van der Waals surface area contributed by atoms with Gasteiger partial charge in [-0.25, -0.2) is 0 Å². The van der Waals surface area contributed by atoms with Gasteiger partial charge in [0.25, 0.3) is 5.91 Å². The first-order valence-electron chi connectivity index (χ1n) is 8.83. The number of rotatable bonds is 4. The summed E-state index contributed by atoms with van der Waals surface area (Å²) in [5.74, 6) is -0.508. The van der Waals surface area contributed by atoms with Gasteiger partial charge in [-0.15, -0.1) is 25.6 Å². The molecule has 0 atom stereocenters. The number of hydrogen-bond donors (Lipinski definition) is 2. The summed E-state index contributed by atoms with van der Waals surface area (Å²) in [5, 5.41) is 6.16. The minimum absolute atomic E-state index is 0. The van der Waals surface area contributed by atoms with Gasteiger partial charge in [0, 0.05) is 11.6 Å². The van der Waals surface area contributed by atoms with Crippen LogP contribution in [0.3, 0.4) is 0 Å². The van der Waals surface area contributed by atoms with Crippen LogP contribution in [-0.2, 0) is 0 Å². The van der Waals surface area contributed by atoms with Crippen LogP contribution in [0.2, 0.25) is 0 Å². The third kappa shape index (κ3) is 5.77. The first kappa shape index (κ1) is 20.8. The third-order valence-corrected chi connectivity index (χ3v) is 4.93. The van der Waals surface area contributed by atoms with Gasteiger partial charge in [-0.1, -0.05) is 12.8 Å². The molecule has 0 bridgehead atoms. The molecule has 2 aliphatic rings. The van der Waals surface area contributed by atoms with Gasteiger partial charge in [0.2, 0.25) is 0 Å². The first-order chi connectivity index (χ1) is 11.9. The lowest BCUT2D eigenvalue weighted by molar-refractivity contribution is -0.274. The number of amides is 1. The summed E-state index contributed by atoms with van der Waals surface area (Å²) in [6.07, 6.45) is 0.881. The highest BCUT2D eigenvalue weighted by molar-refractivity contribution is 5.95. The van der Waals surface area contributed by atoms with E-state index in [9.17, 15) is 18.0 Å². The molecule has 0 aromatic heterocycles. The van der Waals surface area contributed by atoms with Crippen molar-refractivity contribution in [2.75, 3.05) is 13.1 Å². The standard InChI is InChI=1S/C18H23F3N2O2.ClH/c19-18(20,21)25-16-10-13(12-5-7-22-8-6-12)9-14(11-16)17(24)23-15-3-1-2-4-15;/h9-12,15,22H,1-8H2,(H,23,24);1H. The van der Waals surface area contributed by atoms with Crippen LogP contribution in [0, 0.1) is 0 Å². The Labute approximate surface area is 157 Å². The summed E-state index contributed by atoms with van der Waals surface area (Å²) in [7, 11) is 0. The van der Waals surface area contributed by atoms with Crippen molar-refractivity contribution in [1.82, 2.24) is 10.6 Å². The molecule has 1 heterocycles. The van der Waals surface area contributed by atoms with E-state index in [2.05, 4.69) is 15.4 Å². The fraction of sp³-hybridized carbons (Fsp3) is 0.611. The van der Waals surface area contributed by atoms with Crippen LogP contribution in [0.1, 0.15) is 60.4 Å². The average Bonchev–Trinajstić information content (AvgIpc) is 3.07. The predicted octanol–water partition coefficient (Wildman–Crippen LogP) is 4.15. The Balaban J connectivity index is 0.00000243. The number of halogens is 4. The van der Waals surface area contributed by atoms with E-state index in [1.165, 1.54) is 12.1 Å². The molecule has 1 aromatic rings.